The Labute approximate surface area is 102 Å². The van der Waals surface area contributed by atoms with Gasteiger partial charge in [0.15, 0.2) is 0 Å². The molecule has 2 rings (SSSR count). The number of aromatic nitrogens is 2. The maximum absolute atomic E-state index is 13.3. The molecule has 90 valence electrons. The fourth-order valence-electron chi connectivity index (χ4n) is 1.47. The number of carbonyl (C=O) groups is 1. The van der Waals surface area contributed by atoms with Crippen LogP contribution in [-0.4, -0.2) is 15.7 Å². The van der Waals surface area contributed by atoms with Gasteiger partial charge in [-0.2, -0.15) is 10.4 Å². The Morgan fingerprint density at radius 2 is 2.33 bits per heavy atom. The molecule has 0 aliphatic heterocycles. The molecule has 0 bridgehead atoms. The Bertz CT molecular complexity index is 642. The molecule has 0 atom stereocenters. The summed E-state index contributed by atoms with van der Waals surface area (Å²) in [5.74, 6) is -1.10. The SMILES string of the molecule is Cn1cc(C(=O)Nc2cccc(F)c2C#N)cn1. The summed E-state index contributed by atoms with van der Waals surface area (Å²) < 4.78 is 14.8. The first kappa shape index (κ1) is 11.8. The van der Waals surface area contributed by atoms with Crippen molar-refractivity contribution in [3.63, 3.8) is 0 Å². The summed E-state index contributed by atoms with van der Waals surface area (Å²) in [5, 5.41) is 15.2. The van der Waals surface area contributed by atoms with Gasteiger partial charge in [0.1, 0.15) is 17.4 Å². The topological polar surface area (TPSA) is 70.7 Å². The number of hydrogen-bond acceptors (Lipinski definition) is 3. The van der Waals surface area contributed by atoms with Gasteiger partial charge in [-0.25, -0.2) is 4.39 Å². The normalized spacial score (nSPS) is 9.83. The number of carbonyl (C=O) groups excluding carboxylic acids is 1. The van der Waals surface area contributed by atoms with E-state index in [1.54, 1.807) is 13.1 Å². The van der Waals surface area contributed by atoms with Crippen molar-refractivity contribution >= 4 is 11.6 Å². The molecule has 18 heavy (non-hydrogen) atoms. The van der Waals surface area contributed by atoms with Crippen LogP contribution in [0.1, 0.15) is 15.9 Å². The minimum absolute atomic E-state index is 0.145. The molecule has 1 aromatic carbocycles. The molecular formula is C12H9FN4O. The van der Waals surface area contributed by atoms with Crippen LogP contribution in [0.25, 0.3) is 0 Å². The van der Waals surface area contributed by atoms with Crippen molar-refractivity contribution in [1.29, 1.82) is 5.26 Å². The Morgan fingerprint density at radius 3 is 2.94 bits per heavy atom. The van der Waals surface area contributed by atoms with Gasteiger partial charge in [0.2, 0.25) is 0 Å². The number of nitrogens with one attached hydrogen (secondary N) is 1. The number of halogens is 1. The second-order valence-electron chi connectivity index (χ2n) is 3.63. The highest BCUT2D eigenvalue weighted by Crippen LogP contribution is 2.18. The van der Waals surface area contributed by atoms with E-state index >= 15 is 0 Å². The zero-order chi connectivity index (χ0) is 13.1. The van der Waals surface area contributed by atoms with E-state index in [0.717, 1.165) is 6.07 Å². The molecule has 1 aromatic heterocycles. The van der Waals surface area contributed by atoms with Crippen molar-refractivity contribution < 1.29 is 9.18 Å². The number of aryl methyl sites for hydroxylation is 1. The lowest BCUT2D eigenvalue weighted by Gasteiger charge is -2.05. The summed E-state index contributed by atoms with van der Waals surface area (Å²) in [6.45, 7) is 0. The van der Waals surface area contributed by atoms with Gasteiger partial charge in [0.25, 0.3) is 5.91 Å². The molecule has 5 nitrogen and oxygen atoms in total. The Balaban J connectivity index is 2.28. The average molecular weight is 244 g/mol. The highest BCUT2D eigenvalue weighted by molar-refractivity contribution is 6.04. The number of nitrogens with zero attached hydrogens (tertiary/aromatic N) is 3. The molecule has 1 heterocycles. The van der Waals surface area contributed by atoms with Crippen molar-refractivity contribution in [3.05, 3.63) is 47.5 Å². The molecule has 0 aliphatic rings. The zero-order valence-electron chi connectivity index (χ0n) is 9.51. The smallest absolute Gasteiger partial charge is 0.258 e. The fourth-order valence-corrected chi connectivity index (χ4v) is 1.47. The summed E-state index contributed by atoms with van der Waals surface area (Å²) in [6, 6.07) is 5.77. The summed E-state index contributed by atoms with van der Waals surface area (Å²) in [5.41, 5.74) is 0.298. The lowest BCUT2D eigenvalue weighted by Crippen LogP contribution is -2.12. The van der Waals surface area contributed by atoms with E-state index < -0.39 is 11.7 Å². The molecule has 0 spiro atoms. The standard InChI is InChI=1S/C12H9FN4O/c1-17-7-8(6-15-17)12(18)16-11-4-2-3-10(13)9(11)5-14/h2-4,6-7H,1H3,(H,16,18). The van der Waals surface area contributed by atoms with Gasteiger partial charge in [0, 0.05) is 13.2 Å². The van der Waals surface area contributed by atoms with Crippen molar-refractivity contribution in [2.45, 2.75) is 0 Å². The van der Waals surface area contributed by atoms with Gasteiger partial charge in [-0.05, 0) is 12.1 Å². The quantitative estimate of drug-likeness (QED) is 0.873. The van der Waals surface area contributed by atoms with E-state index in [2.05, 4.69) is 10.4 Å². The first-order valence-corrected chi connectivity index (χ1v) is 5.10. The molecule has 0 saturated carbocycles. The number of hydrogen-bond donors (Lipinski definition) is 1. The van der Waals surface area contributed by atoms with E-state index in [-0.39, 0.29) is 11.3 Å². The Kier molecular flexibility index (Phi) is 3.06. The number of amides is 1. The number of rotatable bonds is 2. The van der Waals surface area contributed by atoms with Crippen LogP contribution in [0, 0.1) is 17.1 Å². The molecule has 1 N–H and O–H groups in total. The summed E-state index contributed by atoms with van der Waals surface area (Å²) in [7, 11) is 1.68. The second-order valence-corrected chi connectivity index (χ2v) is 3.63. The third-order valence-electron chi connectivity index (χ3n) is 2.34. The van der Waals surface area contributed by atoms with Crippen molar-refractivity contribution in [2.75, 3.05) is 5.32 Å². The van der Waals surface area contributed by atoms with E-state index in [0.29, 0.717) is 5.56 Å². The fraction of sp³-hybridized carbons (Fsp3) is 0.0833. The van der Waals surface area contributed by atoms with Crippen LogP contribution in [0.3, 0.4) is 0 Å². The van der Waals surface area contributed by atoms with E-state index in [1.807, 2.05) is 0 Å². The van der Waals surface area contributed by atoms with Crippen LogP contribution < -0.4 is 5.32 Å². The van der Waals surface area contributed by atoms with Crippen LogP contribution in [0.15, 0.2) is 30.6 Å². The van der Waals surface area contributed by atoms with Crippen molar-refractivity contribution in [1.82, 2.24) is 9.78 Å². The van der Waals surface area contributed by atoms with Gasteiger partial charge in [-0.3, -0.25) is 9.48 Å². The van der Waals surface area contributed by atoms with Gasteiger partial charge >= 0.3 is 0 Å². The molecule has 6 heteroatoms. The van der Waals surface area contributed by atoms with E-state index in [1.165, 1.54) is 29.2 Å². The Morgan fingerprint density at radius 1 is 1.56 bits per heavy atom. The van der Waals surface area contributed by atoms with Crippen LogP contribution in [-0.2, 0) is 7.05 Å². The molecular weight excluding hydrogens is 235 g/mol. The molecule has 0 saturated heterocycles. The zero-order valence-corrected chi connectivity index (χ0v) is 9.51. The molecule has 0 unspecified atom stereocenters. The average Bonchev–Trinajstić information content (AvgIpc) is 2.76. The van der Waals surface area contributed by atoms with Crippen LogP contribution >= 0.6 is 0 Å². The molecule has 1 amide bonds. The predicted molar refractivity (Wildman–Crippen MR) is 62.3 cm³/mol. The van der Waals surface area contributed by atoms with Crippen molar-refractivity contribution in [3.8, 4) is 6.07 Å². The molecule has 0 radical (unpaired) electrons. The largest absolute Gasteiger partial charge is 0.321 e. The lowest BCUT2D eigenvalue weighted by molar-refractivity contribution is 0.102. The number of nitriles is 1. The van der Waals surface area contributed by atoms with Crippen LogP contribution in [0.2, 0.25) is 0 Å². The molecule has 0 aliphatic carbocycles. The minimum atomic E-state index is -0.665. The van der Waals surface area contributed by atoms with Crippen LogP contribution in [0.5, 0.6) is 0 Å². The highest BCUT2D eigenvalue weighted by atomic mass is 19.1. The maximum Gasteiger partial charge on any atom is 0.258 e. The van der Waals surface area contributed by atoms with Crippen molar-refractivity contribution in [2.24, 2.45) is 7.05 Å². The maximum atomic E-state index is 13.3. The number of benzene rings is 1. The van der Waals surface area contributed by atoms with Gasteiger partial charge in [0.05, 0.1) is 17.4 Å². The summed E-state index contributed by atoms with van der Waals surface area (Å²) >= 11 is 0. The summed E-state index contributed by atoms with van der Waals surface area (Å²) in [6.07, 6.45) is 2.92. The molecule has 2 aromatic rings. The summed E-state index contributed by atoms with van der Waals surface area (Å²) in [4.78, 5) is 11.8. The Hall–Kier alpha value is -2.68. The third-order valence-corrected chi connectivity index (χ3v) is 2.34. The second kappa shape index (κ2) is 4.67. The molecule has 0 fully saturated rings. The van der Waals surface area contributed by atoms with Crippen LogP contribution in [0.4, 0.5) is 10.1 Å². The lowest BCUT2D eigenvalue weighted by atomic mass is 10.1. The predicted octanol–water partition coefficient (Wildman–Crippen LogP) is 1.68. The van der Waals surface area contributed by atoms with Gasteiger partial charge in [-0.1, -0.05) is 6.07 Å². The minimum Gasteiger partial charge on any atom is -0.321 e. The third kappa shape index (κ3) is 2.20. The van der Waals surface area contributed by atoms with E-state index in [4.69, 9.17) is 5.26 Å². The number of anilines is 1. The van der Waals surface area contributed by atoms with Gasteiger partial charge < -0.3 is 5.32 Å². The highest BCUT2D eigenvalue weighted by Gasteiger charge is 2.13. The van der Waals surface area contributed by atoms with E-state index in [9.17, 15) is 9.18 Å². The first-order valence-electron chi connectivity index (χ1n) is 5.10. The van der Waals surface area contributed by atoms with Gasteiger partial charge in [-0.15, -0.1) is 0 Å². The first-order chi connectivity index (χ1) is 8.61. The monoisotopic (exact) mass is 244 g/mol.